The van der Waals surface area contributed by atoms with Gasteiger partial charge in [-0.15, -0.1) is 22.7 Å². The summed E-state index contributed by atoms with van der Waals surface area (Å²) < 4.78 is 7.92. The summed E-state index contributed by atoms with van der Waals surface area (Å²) >= 11 is 4.79. The highest BCUT2D eigenvalue weighted by atomic mass is 32.2. The molecule has 1 amide bonds. The number of carbonyl (C=O) groups is 1. The van der Waals surface area contributed by atoms with Gasteiger partial charge in [0.1, 0.15) is 4.34 Å². The zero-order valence-electron chi connectivity index (χ0n) is 12.0. The summed E-state index contributed by atoms with van der Waals surface area (Å²) in [5, 5.41) is 0. The Hall–Kier alpha value is -0.850. The Morgan fingerprint density at radius 1 is 1.42 bits per heavy atom. The van der Waals surface area contributed by atoms with Gasteiger partial charge in [-0.2, -0.15) is 0 Å². The van der Waals surface area contributed by atoms with E-state index < -0.39 is 0 Å². The molecule has 102 valence electrons. The smallest absolute Gasteiger partial charge is 0.258 e. The van der Waals surface area contributed by atoms with Crippen LogP contribution < -0.4 is 5.73 Å². The predicted octanol–water partition coefficient (Wildman–Crippen LogP) is 4.11. The summed E-state index contributed by atoms with van der Waals surface area (Å²) in [6.07, 6.45) is 1.85. The Morgan fingerprint density at radius 3 is 2.89 bits per heavy atom. The predicted molar refractivity (Wildman–Crippen MR) is 84.1 cm³/mol. The van der Waals surface area contributed by atoms with Gasteiger partial charge in [0, 0.05) is 16.8 Å². The molecular weight excluding hydrogens is 296 g/mol. The average molecular weight is 313 g/mol. The van der Waals surface area contributed by atoms with E-state index in [0.29, 0.717) is 4.88 Å². The number of thiazole rings is 1. The van der Waals surface area contributed by atoms with Crippen LogP contribution in [-0.2, 0) is 0 Å². The van der Waals surface area contributed by atoms with Gasteiger partial charge in [0.2, 0.25) is 0 Å². The van der Waals surface area contributed by atoms with E-state index >= 15 is 0 Å². The average Bonchev–Trinajstić information content (AvgIpc) is 3.03. The lowest BCUT2D eigenvalue weighted by Crippen LogP contribution is -2.07. The van der Waals surface area contributed by atoms with E-state index in [1.165, 1.54) is 11.3 Å². The minimum absolute atomic E-state index is 0.277. The van der Waals surface area contributed by atoms with Gasteiger partial charge >= 0.3 is 0 Å². The van der Waals surface area contributed by atoms with Crippen LogP contribution in [0.3, 0.4) is 0 Å². The summed E-state index contributed by atoms with van der Waals surface area (Å²) in [6, 6.07) is 3.65. The number of primary amides is 1. The van der Waals surface area contributed by atoms with Crippen LogP contribution >= 0.6 is 34.4 Å². The molecule has 2 aromatic heterocycles. The molecule has 0 fully saturated rings. The molecule has 0 aliphatic rings. The number of amides is 1. The van der Waals surface area contributed by atoms with E-state index in [0.717, 1.165) is 19.8 Å². The van der Waals surface area contributed by atoms with Gasteiger partial charge in [-0.25, -0.2) is 4.98 Å². The lowest BCUT2D eigenvalue weighted by atomic mass is 10.0. The molecule has 3 nitrogen and oxygen atoms in total. The first-order valence-corrected chi connectivity index (χ1v) is 8.42. The Kier molecular flexibility index (Phi) is 3.91. The first-order chi connectivity index (χ1) is 9.39. The number of carbonyl (C=O) groups excluding carboxylic acids is 1. The van der Waals surface area contributed by atoms with Crippen molar-refractivity contribution in [1.29, 1.82) is 0 Å². The molecule has 0 spiro atoms. The van der Waals surface area contributed by atoms with Gasteiger partial charge in [0.05, 0.1) is 9.75 Å². The Labute approximate surface area is 126 Å². The highest BCUT2D eigenvalue weighted by Gasteiger charge is 2.14. The van der Waals surface area contributed by atoms with Crippen LogP contribution in [0, 0.1) is 5.41 Å². The van der Waals surface area contributed by atoms with Crippen molar-refractivity contribution in [2.24, 2.45) is 11.1 Å². The molecule has 0 aromatic carbocycles. The summed E-state index contributed by atoms with van der Waals surface area (Å²) in [4.78, 5) is 18.4. The Balaban J connectivity index is 2.08. The monoisotopic (exact) mass is 313 g/mol. The van der Waals surface area contributed by atoms with Crippen molar-refractivity contribution >= 4 is 40.3 Å². The van der Waals surface area contributed by atoms with Crippen LogP contribution in [0.25, 0.3) is 9.75 Å². The molecule has 0 bridgehead atoms. The van der Waals surface area contributed by atoms with Crippen LogP contribution in [0.1, 0.15) is 30.4 Å². The maximum atomic E-state index is 11.4. The molecule has 0 saturated carbocycles. The summed E-state index contributed by atoms with van der Waals surface area (Å²) in [5.41, 5.74) is 2.17. The second-order valence-electron chi connectivity index (χ2n) is 5.33. The third-order valence-electron chi connectivity index (χ3n) is 2.19. The number of hydrogen-bond donors (Lipinski definition) is 1. The van der Waals surface area contributed by atoms with E-state index in [4.69, 9.17) is 1.41 Å². The van der Waals surface area contributed by atoms with Crippen molar-refractivity contribution in [1.82, 2.24) is 4.98 Å². The van der Waals surface area contributed by atoms with Crippen molar-refractivity contribution in [2.45, 2.75) is 25.1 Å². The molecule has 0 aliphatic heterocycles. The second-order valence-corrected chi connectivity index (χ2v) is 8.67. The van der Waals surface area contributed by atoms with E-state index in [2.05, 4.69) is 25.8 Å². The van der Waals surface area contributed by atoms with E-state index in [-0.39, 0.29) is 11.3 Å². The quantitative estimate of drug-likeness (QED) is 0.864. The topological polar surface area (TPSA) is 56.0 Å². The van der Waals surface area contributed by atoms with Crippen molar-refractivity contribution in [3.05, 3.63) is 23.2 Å². The highest BCUT2D eigenvalue weighted by Crippen LogP contribution is 2.37. The van der Waals surface area contributed by atoms with Crippen molar-refractivity contribution in [3.8, 4) is 9.75 Å². The van der Waals surface area contributed by atoms with Gasteiger partial charge in [-0.3, -0.25) is 4.79 Å². The molecule has 0 aliphatic carbocycles. The fourth-order valence-corrected chi connectivity index (χ4v) is 4.25. The minimum Gasteiger partial charge on any atom is -0.365 e. The number of thioether (sulfide) groups is 1. The van der Waals surface area contributed by atoms with Gasteiger partial charge in [0.15, 0.2) is 1.41 Å². The lowest BCUT2D eigenvalue weighted by molar-refractivity contribution is 0.100. The normalized spacial score (nSPS) is 12.3. The van der Waals surface area contributed by atoms with Crippen LogP contribution in [0.2, 0.25) is 1.41 Å². The SMILES string of the molecule is [2H]NC(=O)c1ccc(-c2cnc(SCC(C)(C)C)s2)s1. The number of thiophene rings is 1. The van der Waals surface area contributed by atoms with Crippen molar-refractivity contribution in [3.63, 3.8) is 0 Å². The highest BCUT2D eigenvalue weighted by molar-refractivity contribution is 8.01. The third kappa shape index (κ3) is 4.06. The zero-order chi connectivity index (χ0) is 14.8. The number of nitrogens with two attached hydrogens (primary N) is 1. The van der Waals surface area contributed by atoms with Gasteiger partial charge in [-0.1, -0.05) is 32.5 Å². The molecule has 6 heteroatoms. The van der Waals surface area contributed by atoms with Gasteiger partial charge in [-0.05, 0) is 17.5 Å². The second kappa shape index (κ2) is 5.64. The van der Waals surface area contributed by atoms with Gasteiger partial charge < -0.3 is 5.73 Å². The number of hydrogen-bond acceptors (Lipinski definition) is 5. The first-order valence-electron chi connectivity index (χ1n) is 6.30. The molecule has 0 unspecified atom stereocenters. The summed E-state index contributed by atoms with van der Waals surface area (Å²) in [5.74, 6) is 0.657. The van der Waals surface area contributed by atoms with Crippen molar-refractivity contribution in [2.75, 3.05) is 5.75 Å². The van der Waals surface area contributed by atoms with E-state index in [1.807, 2.05) is 18.0 Å². The third-order valence-corrected chi connectivity index (χ3v) is 6.22. The fraction of sp³-hybridized carbons (Fsp3) is 0.385. The van der Waals surface area contributed by atoms with Gasteiger partial charge in [0.25, 0.3) is 5.91 Å². The van der Waals surface area contributed by atoms with Crippen LogP contribution in [0.5, 0.6) is 0 Å². The molecule has 0 saturated heterocycles. The zero-order valence-corrected chi connectivity index (χ0v) is 13.5. The van der Waals surface area contributed by atoms with Crippen molar-refractivity contribution < 1.29 is 6.21 Å². The summed E-state index contributed by atoms with van der Waals surface area (Å²) in [7, 11) is 0. The molecule has 2 N–H and O–H groups in total. The van der Waals surface area contributed by atoms with Crippen LogP contribution in [-0.4, -0.2) is 16.6 Å². The summed E-state index contributed by atoms with van der Waals surface area (Å²) in [6.45, 7) is 6.62. The Bertz CT molecular complexity index is 601. The molecular formula is C13H16N2OS3. The standard InChI is InChI=1S/C13H16N2OS3/c1-13(2,3)7-17-12-15-6-10(19-12)8-4-5-9(18-8)11(14)16/h4-6H,7H2,1-3H3,(H2,14,16)/i/hD. The first kappa shape index (κ1) is 13.1. The number of nitrogens with zero attached hydrogens (tertiary/aromatic N) is 1. The van der Waals surface area contributed by atoms with E-state index in [9.17, 15) is 4.79 Å². The molecule has 2 rings (SSSR count). The minimum atomic E-state index is -0.368. The maximum absolute atomic E-state index is 11.4. The molecule has 19 heavy (non-hydrogen) atoms. The number of aromatic nitrogens is 1. The molecule has 0 radical (unpaired) electrons. The Morgan fingerprint density at radius 2 is 2.21 bits per heavy atom. The molecule has 2 heterocycles. The fourth-order valence-electron chi connectivity index (χ4n) is 1.31. The van der Waals surface area contributed by atoms with E-state index in [1.54, 1.807) is 29.2 Å². The number of rotatable bonds is 4. The maximum Gasteiger partial charge on any atom is 0.258 e. The lowest BCUT2D eigenvalue weighted by Gasteiger charge is -2.15. The molecule has 0 atom stereocenters. The largest absolute Gasteiger partial charge is 0.365 e. The molecule has 2 aromatic rings. The van der Waals surface area contributed by atoms with Crippen LogP contribution in [0.4, 0.5) is 0 Å². The van der Waals surface area contributed by atoms with Crippen LogP contribution in [0.15, 0.2) is 22.7 Å².